The quantitative estimate of drug-likeness (QED) is 0.718. The van der Waals surface area contributed by atoms with Crippen LogP contribution in [0.4, 0.5) is 11.4 Å². The number of benzene rings is 1. The van der Waals surface area contributed by atoms with Crippen LogP contribution in [0.3, 0.4) is 0 Å². The molecule has 0 heterocycles. The molecule has 1 aromatic carbocycles. The summed E-state index contributed by atoms with van der Waals surface area (Å²) in [5.74, 6) is -1.85. The topological polar surface area (TPSA) is 95.5 Å². The summed E-state index contributed by atoms with van der Waals surface area (Å²) in [5.41, 5.74) is 0.718. The van der Waals surface area contributed by atoms with E-state index in [1.165, 1.54) is 12.1 Å². The predicted molar refractivity (Wildman–Crippen MR) is 89.6 cm³/mol. The Labute approximate surface area is 136 Å². The van der Waals surface area contributed by atoms with Crippen molar-refractivity contribution in [3.63, 3.8) is 0 Å². The van der Waals surface area contributed by atoms with Gasteiger partial charge in [0.1, 0.15) is 0 Å². The predicted octanol–water partition coefficient (Wildman–Crippen LogP) is 3.35. The number of hydrogen-bond donors (Lipinski definition) is 3. The Morgan fingerprint density at radius 3 is 1.61 bits per heavy atom. The molecule has 0 aliphatic rings. The van der Waals surface area contributed by atoms with Crippen molar-refractivity contribution in [1.29, 1.82) is 0 Å². The Kier molecular flexibility index (Phi) is 6.75. The van der Waals surface area contributed by atoms with Crippen LogP contribution in [0.2, 0.25) is 0 Å². The van der Waals surface area contributed by atoms with E-state index in [9.17, 15) is 19.5 Å². The molecule has 0 aromatic heterocycles. The molecule has 0 radical (unpaired) electrons. The average Bonchev–Trinajstić information content (AvgIpc) is 2.52. The first kappa shape index (κ1) is 18.7. The molecule has 6 heteroatoms. The second kappa shape index (κ2) is 8.31. The van der Waals surface area contributed by atoms with Crippen LogP contribution in [0, 0.1) is 11.8 Å². The van der Waals surface area contributed by atoms with Crippen LogP contribution in [0.5, 0.6) is 0 Å². The van der Waals surface area contributed by atoms with Gasteiger partial charge in [-0.2, -0.15) is 0 Å². The summed E-state index contributed by atoms with van der Waals surface area (Å²) in [6.45, 7) is 7.38. The minimum Gasteiger partial charge on any atom is -0.478 e. The van der Waals surface area contributed by atoms with Crippen LogP contribution in [-0.2, 0) is 9.59 Å². The molecule has 0 spiro atoms. The van der Waals surface area contributed by atoms with E-state index < -0.39 is 5.97 Å². The van der Waals surface area contributed by atoms with Gasteiger partial charge in [0.15, 0.2) is 0 Å². The molecule has 2 unspecified atom stereocenters. The largest absolute Gasteiger partial charge is 0.478 e. The van der Waals surface area contributed by atoms with Crippen molar-refractivity contribution in [2.75, 3.05) is 10.6 Å². The molecule has 0 fully saturated rings. The van der Waals surface area contributed by atoms with Crippen LogP contribution < -0.4 is 10.6 Å². The average molecular weight is 320 g/mol. The highest BCUT2D eigenvalue weighted by atomic mass is 16.4. The van der Waals surface area contributed by atoms with Crippen LogP contribution >= 0.6 is 0 Å². The van der Waals surface area contributed by atoms with Crippen molar-refractivity contribution < 1.29 is 19.5 Å². The van der Waals surface area contributed by atoms with Crippen molar-refractivity contribution in [2.24, 2.45) is 11.8 Å². The first-order valence-electron chi connectivity index (χ1n) is 7.78. The maximum atomic E-state index is 12.0. The van der Waals surface area contributed by atoms with Gasteiger partial charge in [-0.25, -0.2) is 4.79 Å². The van der Waals surface area contributed by atoms with Gasteiger partial charge in [0.2, 0.25) is 11.8 Å². The number of nitrogens with one attached hydrogen (secondary N) is 2. The van der Waals surface area contributed by atoms with E-state index in [1.807, 2.05) is 13.8 Å². The molecule has 23 heavy (non-hydrogen) atoms. The minimum absolute atomic E-state index is 0.00593. The highest BCUT2D eigenvalue weighted by Crippen LogP contribution is 2.21. The van der Waals surface area contributed by atoms with Gasteiger partial charge < -0.3 is 15.7 Å². The number of carbonyl (C=O) groups is 3. The van der Waals surface area contributed by atoms with E-state index in [0.29, 0.717) is 24.2 Å². The zero-order valence-electron chi connectivity index (χ0n) is 14.0. The summed E-state index contributed by atoms with van der Waals surface area (Å²) in [4.78, 5) is 35.2. The molecule has 0 saturated carbocycles. The lowest BCUT2D eigenvalue weighted by Crippen LogP contribution is -2.21. The molecule has 1 rings (SSSR count). The van der Waals surface area contributed by atoms with Gasteiger partial charge in [-0.1, -0.05) is 27.7 Å². The molecule has 3 N–H and O–H groups in total. The highest BCUT2D eigenvalue weighted by molar-refractivity contribution is 5.98. The van der Waals surface area contributed by atoms with Gasteiger partial charge >= 0.3 is 5.97 Å². The number of rotatable bonds is 7. The van der Waals surface area contributed by atoms with Gasteiger partial charge in [-0.3, -0.25) is 9.59 Å². The third kappa shape index (κ3) is 5.39. The number of hydrogen-bond acceptors (Lipinski definition) is 3. The van der Waals surface area contributed by atoms with E-state index in [1.54, 1.807) is 19.9 Å². The summed E-state index contributed by atoms with van der Waals surface area (Å²) in [7, 11) is 0. The number of amides is 2. The monoisotopic (exact) mass is 320 g/mol. The summed E-state index contributed by atoms with van der Waals surface area (Å²) in [6.07, 6.45) is 1.37. The van der Waals surface area contributed by atoms with Crippen LogP contribution in [-0.4, -0.2) is 22.9 Å². The number of aromatic carboxylic acids is 1. The van der Waals surface area contributed by atoms with Crippen molar-refractivity contribution in [3.8, 4) is 0 Å². The number of anilines is 2. The number of carboxylic acid groups (broad SMARTS) is 1. The maximum Gasteiger partial charge on any atom is 0.335 e. The summed E-state index contributed by atoms with van der Waals surface area (Å²) < 4.78 is 0. The molecule has 0 aliphatic carbocycles. The fourth-order valence-corrected chi connectivity index (χ4v) is 1.80. The van der Waals surface area contributed by atoms with E-state index in [-0.39, 0.29) is 29.2 Å². The van der Waals surface area contributed by atoms with Crippen molar-refractivity contribution in [2.45, 2.75) is 40.5 Å². The second-order valence-electron chi connectivity index (χ2n) is 5.70. The normalized spacial score (nSPS) is 13.0. The fourth-order valence-electron chi connectivity index (χ4n) is 1.80. The van der Waals surface area contributed by atoms with Crippen LogP contribution in [0.1, 0.15) is 50.9 Å². The Morgan fingerprint density at radius 1 is 0.913 bits per heavy atom. The second-order valence-corrected chi connectivity index (χ2v) is 5.70. The Bertz CT molecular complexity index is 556. The fraction of sp³-hybridized carbons (Fsp3) is 0.471. The molecular formula is C17H24N2O4. The first-order valence-corrected chi connectivity index (χ1v) is 7.78. The third-order valence-corrected chi connectivity index (χ3v) is 3.83. The lowest BCUT2D eigenvalue weighted by molar-refractivity contribution is -0.120. The summed E-state index contributed by atoms with van der Waals surface area (Å²) >= 11 is 0. The number of carbonyl (C=O) groups excluding carboxylic acids is 2. The van der Waals surface area contributed by atoms with Gasteiger partial charge in [0.25, 0.3) is 0 Å². The van der Waals surface area contributed by atoms with E-state index >= 15 is 0 Å². The Hall–Kier alpha value is -2.37. The van der Waals surface area contributed by atoms with Gasteiger partial charge in [-0.05, 0) is 31.0 Å². The molecule has 0 saturated heterocycles. The van der Waals surface area contributed by atoms with Crippen LogP contribution in [0.15, 0.2) is 18.2 Å². The van der Waals surface area contributed by atoms with Gasteiger partial charge in [-0.15, -0.1) is 0 Å². The molecule has 6 nitrogen and oxygen atoms in total. The maximum absolute atomic E-state index is 12.0. The van der Waals surface area contributed by atoms with E-state index in [4.69, 9.17) is 0 Å². The molecule has 0 aliphatic heterocycles. The molecular weight excluding hydrogens is 296 g/mol. The van der Waals surface area contributed by atoms with E-state index in [2.05, 4.69) is 10.6 Å². The standard InChI is InChI=1S/C17H24N2O4/c1-5-10(3)15(20)18-13-7-12(17(22)23)8-14(9-13)19-16(21)11(4)6-2/h7-11H,5-6H2,1-4H3,(H,18,20)(H,19,21)(H,22,23). The summed E-state index contributed by atoms with van der Waals surface area (Å²) in [5, 5.41) is 14.6. The minimum atomic E-state index is -1.12. The molecule has 2 atom stereocenters. The molecule has 2 amide bonds. The molecule has 0 bridgehead atoms. The van der Waals surface area contributed by atoms with Gasteiger partial charge in [0, 0.05) is 23.2 Å². The Balaban J connectivity index is 3.05. The number of carboxylic acids is 1. The zero-order chi connectivity index (χ0) is 17.6. The first-order chi connectivity index (χ1) is 10.8. The SMILES string of the molecule is CCC(C)C(=O)Nc1cc(NC(=O)C(C)CC)cc(C(=O)O)c1. The smallest absolute Gasteiger partial charge is 0.335 e. The highest BCUT2D eigenvalue weighted by Gasteiger charge is 2.15. The van der Waals surface area contributed by atoms with Gasteiger partial charge in [0.05, 0.1) is 5.56 Å². The third-order valence-electron chi connectivity index (χ3n) is 3.83. The lowest BCUT2D eigenvalue weighted by atomic mass is 10.1. The van der Waals surface area contributed by atoms with Crippen LogP contribution in [0.25, 0.3) is 0 Å². The molecule has 1 aromatic rings. The van der Waals surface area contributed by atoms with Crippen molar-refractivity contribution in [1.82, 2.24) is 0 Å². The zero-order valence-corrected chi connectivity index (χ0v) is 14.0. The summed E-state index contributed by atoms with van der Waals surface area (Å²) in [6, 6.07) is 4.32. The lowest BCUT2D eigenvalue weighted by Gasteiger charge is -2.14. The van der Waals surface area contributed by atoms with Crippen molar-refractivity contribution in [3.05, 3.63) is 23.8 Å². The van der Waals surface area contributed by atoms with E-state index in [0.717, 1.165) is 0 Å². The molecule has 126 valence electrons. The van der Waals surface area contributed by atoms with Crippen molar-refractivity contribution >= 4 is 29.2 Å². The Morgan fingerprint density at radius 2 is 1.30 bits per heavy atom.